The van der Waals surface area contributed by atoms with Crippen LogP contribution in [0.15, 0.2) is 42.5 Å². The van der Waals surface area contributed by atoms with E-state index in [9.17, 15) is 4.79 Å². The Labute approximate surface area is 147 Å². The molecular weight excluding hydrogens is 328 g/mol. The van der Waals surface area contributed by atoms with Gasteiger partial charge in [0.15, 0.2) is 0 Å². The predicted octanol–water partition coefficient (Wildman–Crippen LogP) is 4.44. The van der Waals surface area contributed by atoms with Crippen LogP contribution in [0.1, 0.15) is 30.4 Å². The number of carbonyl (C=O) groups is 1. The van der Waals surface area contributed by atoms with Gasteiger partial charge in [-0.1, -0.05) is 29.8 Å². The van der Waals surface area contributed by atoms with E-state index in [0.29, 0.717) is 23.1 Å². The zero-order valence-corrected chi connectivity index (χ0v) is 14.8. The molecule has 0 fully saturated rings. The van der Waals surface area contributed by atoms with Crippen molar-refractivity contribution in [2.24, 2.45) is 0 Å². The molecule has 2 aromatic rings. The Bertz CT molecular complexity index is 700. The molecule has 0 aliphatic carbocycles. The Kier molecular flexibility index (Phi) is 6.50. The third kappa shape index (κ3) is 4.20. The summed E-state index contributed by atoms with van der Waals surface area (Å²) in [6, 6.07) is 13.0. The maximum atomic E-state index is 12.0. The number of esters is 1. The Morgan fingerprint density at radius 1 is 1.08 bits per heavy atom. The SMILES string of the molecule is CCOc1ccc(Cl)cc1C(CC(=O)OC)c1ccccc1OC. The molecule has 0 saturated heterocycles. The van der Waals surface area contributed by atoms with Gasteiger partial charge < -0.3 is 14.2 Å². The van der Waals surface area contributed by atoms with E-state index in [-0.39, 0.29) is 18.3 Å². The molecule has 1 atom stereocenters. The lowest BCUT2D eigenvalue weighted by molar-refractivity contribution is -0.140. The Morgan fingerprint density at radius 3 is 2.50 bits per heavy atom. The lowest BCUT2D eigenvalue weighted by Gasteiger charge is -2.22. The van der Waals surface area contributed by atoms with Gasteiger partial charge in [0.05, 0.1) is 27.2 Å². The van der Waals surface area contributed by atoms with Crippen molar-refractivity contribution in [3.63, 3.8) is 0 Å². The van der Waals surface area contributed by atoms with Crippen LogP contribution in [0.25, 0.3) is 0 Å². The number of halogens is 1. The monoisotopic (exact) mass is 348 g/mol. The minimum absolute atomic E-state index is 0.164. The second-order valence-corrected chi connectivity index (χ2v) is 5.63. The van der Waals surface area contributed by atoms with Gasteiger partial charge >= 0.3 is 5.97 Å². The van der Waals surface area contributed by atoms with Crippen molar-refractivity contribution in [2.75, 3.05) is 20.8 Å². The zero-order chi connectivity index (χ0) is 17.5. The van der Waals surface area contributed by atoms with Gasteiger partial charge in [0.2, 0.25) is 0 Å². The summed E-state index contributed by atoms with van der Waals surface area (Å²) in [6.45, 7) is 2.43. The molecule has 0 aliphatic rings. The highest BCUT2D eigenvalue weighted by Crippen LogP contribution is 2.40. The summed E-state index contributed by atoms with van der Waals surface area (Å²) in [5.41, 5.74) is 1.72. The first-order valence-electron chi connectivity index (χ1n) is 7.72. The molecule has 0 aliphatic heterocycles. The van der Waals surface area contributed by atoms with E-state index in [2.05, 4.69) is 0 Å². The summed E-state index contributed by atoms with van der Waals surface area (Å²) < 4.78 is 16.1. The van der Waals surface area contributed by atoms with Crippen molar-refractivity contribution in [3.8, 4) is 11.5 Å². The van der Waals surface area contributed by atoms with Gasteiger partial charge in [-0.15, -0.1) is 0 Å². The third-order valence-electron chi connectivity index (χ3n) is 3.76. The summed E-state index contributed by atoms with van der Waals surface area (Å²) in [5, 5.41) is 0.582. The largest absolute Gasteiger partial charge is 0.496 e. The predicted molar refractivity (Wildman–Crippen MR) is 94.1 cm³/mol. The summed E-state index contributed by atoms with van der Waals surface area (Å²) >= 11 is 6.19. The fraction of sp³-hybridized carbons (Fsp3) is 0.316. The van der Waals surface area contributed by atoms with E-state index in [4.69, 9.17) is 25.8 Å². The minimum Gasteiger partial charge on any atom is -0.496 e. The van der Waals surface area contributed by atoms with Gasteiger partial charge in [0.25, 0.3) is 0 Å². The summed E-state index contributed by atoms with van der Waals surface area (Å²) in [6.07, 6.45) is 0.164. The highest BCUT2D eigenvalue weighted by Gasteiger charge is 2.25. The fourth-order valence-corrected chi connectivity index (χ4v) is 2.85. The van der Waals surface area contributed by atoms with Gasteiger partial charge in [-0.05, 0) is 31.2 Å². The molecule has 0 spiro atoms. The molecule has 0 heterocycles. The first kappa shape index (κ1) is 18.1. The molecule has 2 rings (SSSR count). The molecule has 24 heavy (non-hydrogen) atoms. The molecule has 0 saturated carbocycles. The number of hydrogen-bond donors (Lipinski definition) is 0. The number of hydrogen-bond acceptors (Lipinski definition) is 4. The summed E-state index contributed by atoms with van der Waals surface area (Å²) in [5.74, 6) is 0.803. The molecular formula is C19H21ClO4. The maximum absolute atomic E-state index is 12.0. The second kappa shape index (κ2) is 8.60. The zero-order valence-electron chi connectivity index (χ0n) is 14.0. The Hall–Kier alpha value is -2.20. The average Bonchev–Trinajstić information content (AvgIpc) is 2.61. The van der Waals surface area contributed by atoms with Crippen LogP contribution in [0, 0.1) is 0 Å². The average molecular weight is 349 g/mol. The molecule has 4 nitrogen and oxygen atoms in total. The number of ether oxygens (including phenoxy) is 3. The van der Waals surface area contributed by atoms with Crippen molar-refractivity contribution in [2.45, 2.75) is 19.3 Å². The van der Waals surface area contributed by atoms with Crippen LogP contribution < -0.4 is 9.47 Å². The smallest absolute Gasteiger partial charge is 0.306 e. The molecule has 5 heteroatoms. The van der Waals surface area contributed by atoms with Gasteiger partial charge in [0, 0.05) is 22.1 Å². The number of rotatable bonds is 7. The molecule has 0 bridgehead atoms. The molecule has 0 amide bonds. The number of para-hydroxylation sites is 1. The van der Waals surface area contributed by atoms with Crippen LogP contribution in [0.3, 0.4) is 0 Å². The quantitative estimate of drug-likeness (QED) is 0.694. The Morgan fingerprint density at radius 2 is 1.83 bits per heavy atom. The standard InChI is InChI=1S/C19H21ClO4/c1-4-24-18-10-9-13(20)11-16(18)15(12-19(21)23-3)14-7-5-6-8-17(14)22-2/h5-11,15H,4,12H2,1-3H3. The van der Waals surface area contributed by atoms with Crippen LogP contribution in [0.5, 0.6) is 11.5 Å². The number of benzene rings is 2. The van der Waals surface area contributed by atoms with Crippen LogP contribution in [0.2, 0.25) is 5.02 Å². The van der Waals surface area contributed by atoms with Crippen molar-refractivity contribution >= 4 is 17.6 Å². The molecule has 0 radical (unpaired) electrons. The van der Waals surface area contributed by atoms with Crippen molar-refractivity contribution in [1.82, 2.24) is 0 Å². The van der Waals surface area contributed by atoms with E-state index in [0.717, 1.165) is 11.1 Å². The molecule has 1 unspecified atom stereocenters. The van der Waals surface area contributed by atoms with Gasteiger partial charge in [-0.25, -0.2) is 0 Å². The maximum Gasteiger partial charge on any atom is 0.306 e. The van der Waals surface area contributed by atoms with E-state index in [1.807, 2.05) is 43.3 Å². The van der Waals surface area contributed by atoms with Crippen molar-refractivity contribution in [1.29, 1.82) is 0 Å². The van der Waals surface area contributed by atoms with Crippen molar-refractivity contribution < 1.29 is 19.0 Å². The fourth-order valence-electron chi connectivity index (χ4n) is 2.67. The molecule has 128 valence electrons. The van der Waals surface area contributed by atoms with Crippen LogP contribution in [-0.4, -0.2) is 26.8 Å². The third-order valence-corrected chi connectivity index (χ3v) is 3.99. The molecule has 0 N–H and O–H groups in total. The van der Waals surface area contributed by atoms with Gasteiger partial charge in [-0.2, -0.15) is 0 Å². The highest BCUT2D eigenvalue weighted by atomic mass is 35.5. The highest BCUT2D eigenvalue weighted by molar-refractivity contribution is 6.30. The minimum atomic E-state index is -0.312. The van der Waals surface area contributed by atoms with Crippen LogP contribution in [0.4, 0.5) is 0 Å². The number of carbonyl (C=O) groups excluding carboxylic acids is 1. The molecule has 2 aromatic carbocycles. The van der Waals surface area contributed by atoms with E-state index >= 15 is 0 Å². The molecule has 0 aromatic heterocycles. The lowest BCUT2D eigenvalue weighted by atomic mass is 9.87. The van der Waals surface area contributed by atoms with E-state index in [1.54, 1.807) is 13.2 Å². The first-order chi connectivity index (χ1) is 11.6. The second-order valence-electron chi connectivity index (χ2n) is 5.19. The van der Waals surface area contributed by atoms with Crippen LogP contribution in [-0.2, 0) is 9.53 Å². The van der Waals surface area contributed by atoms with E-state index < -0.39 is 0 Å². The normalized spacial score (nSPS) is 11.7. The summed E-state index contributed by atoms with van der Waals surface area (Å²) in [7, 11) is 2.98. The van der Waals surface area contributed by atoms with Gasteiger partial charge in [-0.3, -0.25) is 4.79 Å². The van der Waals surface area contributed by atoms with Gasteiger partial charge in [0.1, 0.15) is 11.5 Å². The van der Waals surface area contributed by atoms with Crippen LogP contribution >= 0.6 is 11.6 Å². The van der Waals surface area contributed by atoms with Crippen molar-refractivity contribution in [3.05, 3.63) is 58.6 Å². The lowest BCUT2D eigenvalue weighted by Crippen LogP contribution is -2.12. The number of methoxy groups -OCH3 is 2. The first-order valence-corrected chi connectivity index (χ1v) is 8.10. The summed E-state index contributed by atoms with van der Waals surface area (Å²) in [4.78, 5) is 12.0. The van der Waals surface area contributed by atoms with E-state index in [1.165, 1.54) is 7.11 Å². The topological polar surface area (TPSA) is 44.8 Å². The Balaban J connectivity index is 2.58.